The molecule has 2 aliphatic rings. The summed E-state index contributed by atoms with van der Waals surface area (Å²) in [7, 11) is 0. The number of amides is 2. The van der Waals surface area contributed by atoms with E-state index < -0.39 is 24.1 Å². The van der Waals surface area contributed by atoms with Gasteiger partial charge in [0.25, 0.3) is 0 Å². The van der Waals surface area contributed by atoms with Crippen LogP contribution in [0.5, 0.6) is 0 Å². The average molecular weight is 258 g/mol. The Hall–Kier alpha value is -1.34. The van der Waals surface area contributed by atoms with Gasteiger partial charge < -0.3 is 25.2 Å². The fraction of sp³-hybridized carbons (Fsp3) is 0.818. The molecule has 0 spiro atoms. The predicted molar refractivity (Wildman–Crippen MR) is 61.1 cm³/mol. The molecule has 0 bridgehead atoms. The fourth-order valence-corrected chi connectivity index (χ4v) is 2.38. The van der Waals surface area contributed by atoms with Gasteiger partial charge in [0.2, 0.25) is 0 Å². The monoisotopic (exact) mass is 258 g/mol. The maximum Gasteiger partial charge on any atom is 0.326 e. The Morgan fingerprint density at radius 3 is 2.83 bits per heavy atom. The molecule has 0 aromatic carbocycles. The number of aliphatic hydroxyl groups is 1. The number of aliphatic carboxylic acids is 1. The number of likely N-dealkylation sites (tertiary alicyclic amines) is 1. The minimum Gasteiger partial charge on any atom is -0.480 e. The van der Waals surface area contributed by atoms with E-state index in [2.05, 4.69) is 5.32 Å². The number of carboxylic acids is 1. The van der Waals surface area contributed by atoms with Gasteiger partial charge >= 0.3 is 12.0 Å². The fourth-order valence-electron chi connectivity index (χ4n) is 2.38. The van der Waals surface area contributed by atoms with Crippen LogP contribution in [0.15, 0.2) is 0 Å². The number of hydrogen-bond acceptors (Lipinski definition) is 4. The average Bonchev–Trinajstić information content (AvgIpc) is 2.94. The predicted octanol–water partition coefficient (Wildman–Crippen LogP) is -0.605. The lowest BCUT2D eigenvalue weighted by atomic mass is 10.2. The summed E-state index contributed by atoms with van der Waals surface area (Å²) in [6, 6.07) is -1.39. The van der Waals surface area contributed by atoms with Crippen molar-refractivity contribution in [2.24, 2.45) is 0 Å². The van der Waals surface area contributed by atoms with Crippen LogP contribution in [0.4, 0.5) is 4.79 Å². The summed E-state index contributed by atoms with van der Waals surface area (Å²) in [5.74, 6) is -1.08. The van der Waals surface area contributed by atoms with Crippen molar-refractivity contribution in [3.8, 4) is 0 Å². The quantitative estimate of drug-likeness (QED) is 0.627. The van der Waals surface area contributed by atoms with E-state index >= 15 is 0 Å². The van der Waals surface area contributed by atoms with Gasteiger partial charge in [0, 0.05) is 26.1 Å². The molecule has 2 saturated heterocycles. The summed E-state index contributed by atoms with van der Waals surface area (Å²) in [6.07, 6.45) is 1.23. The zero-order valence-electron chi connectivity index (χ0n) is 10.0. The molecular weight excluding hydrogens is 240 g/mol. The molecule has 2 fully saturated rings. The highest BCUT2D eigenvalue weighted by molar-refractivity contribution is 5.83. The van der Waals surface area contributed by atoms with Crippen LogP contribution in [0.25, 0.3) is 0 Å². The number of β-amino-alcohol motifs (C(OH)–C–C–N with tert-alkyl or cyclic N) is 1. The maximum atomic E-state index is 11.8. The molecule has 7 nitrogen and oxygen atoms in total. The minimum absolute atomic E-state index is 0.0183. The van der Waals surface area contributed by atoms with Gasteiger partial charge in [-0.25, -0.2) is 9.59 Å². The van der Waals surface area contributed by atoms with Gasteiger partial charge in [-0.05, 0) is 12.8 Å². The van der Waals surface area contributed by atoms with Crippen molar-refractivity contribution in [3.63, 3.8) is 0 Å². The molecule has 7 heteroatoms. The highest BCUT2D eigenvalue weighted by Gasteiger charge is 2.39. The number of hydrogen-bond donors (Lipinski definition) is 3. The number of carbonyl (C=O) groups is 2. The normalized spacial score (nSPS) is 31.6. The van der Waals surface area contributed by atoms with Crippen LogP contribution in [0.3, 0.4) is 0 Å². The topological polar surface area (TPSA) is 99.1 Å². The molecule has 1 unspecified atom stereocenters. The number of aliphatic hydroxyl groups excluding tert-OH is 1. The minimum atomic E-state index is -1.08. The van der Waals surface area contributed by atoms with E-state index in [-0.39, 0.29) is 19.1 Å². The number of carboxylic acid groups (broad SMARTS) is 1. The van der Waals surface area contributed by atoms with Crippen molar-refractivity contribution >= 4 is 12.0 Å². The number of carbonyl (C=O) groups excluding carboxylic acids is 1. The Kier molecular flexibility index (Phi) is 4.03. The van der Waals surface area contributed by atoms with Crippen LogP contribution in [-0.2, 0) is 9.53 Å². The van der Waals surface area contributed by atoms with Crippen molar-refractivity contribution in [1.82, 2.24) is 10.2 Å². The first kappa shape index (κ1) is 13.1. The Bertz CT molecular complexity index is 329. The van der Waals surface area contributed by atoms with E-state index in [9.17, 15) is 14.7 Å². The first-order chi connectivity index (χ1) is 8.58. The van der Waals surface area contributed by atoms with E-state index in [1.165, 1.54) is 4.90 Å². The number of nitrogens with one attached hydrogen (secondary N) is 1. The SMILES string of the molecule is O=C(O)[C@@H]1C[C@H](O)CN1C(=O)NCC1CCCO1. The Morgan fingerprint density at radius 1 is 1.44 bits per heavy atom. The molecule has 102 valence electrons. The second-order valence-electron chi connectivity index (χ2n) is 4.72. The van der Waals surface area contributed by atoms with Crippen molar-refractivity contribution < 1.29 is 24.5 Å². The molecule has 2 rings (SSSR count). The molecule has 3 N–H and O–H groups in total. The number of urea groups is 1. The summed E-state index contributed by atoms with van der Waals surface area (Å²) in [5, 5.41) is 21.1. The lowest BCUT2D eigenvalue weighted by Gasteiger charge is -2.22. The molecule has 0 saturated carbocycles. The highest BCUT2D eigenvalue weighted by Crippen LogP contribution is 2.18. The van der Waals surface area contributed by atoms with Crippen LogP contribution >= 0.6 is 0 Å². The van der Waals surface area contributed by atoms with E-state index in [0.717, 1.165) is 12.8 Å². The maximum absolute atomic E-state index is 11.8. The van der Waals surface area contributed by atoms with E-state index in [1.807, 2.05) is 0 Å². The summed E-state index contributed by atoms with van der Waals surface area (Å²) in [6.45, 7) is 1.16. The summed E-state index contributed by atoms with van der Waals surface area (Å²) in [5.41, 5.74) is 0. The second-order valence-corrected chi connectivity index (χ2v) is 4.72. The number of ether oxygens (including phenoxy) is 1. The van der Waals surface area contributed by atoms with Gasteiger partial charge in [0.1, 0.15) is 6.04 Å². The van der Waals surface area contributed by atoms with Crippen LogP contribution in [0.2, 0.25) is 0 Å². The third-order valence-corrected chi connectivity index (χ3v) is 3.33. The zero-order valence-corrected chi connectivity index (χ0v) is 10.0. The standard InChI is InChI=1S/C11H18N2O5/c14-7-4-9(10(15)16)13(6-7)11(17)12-5-8-2-1-3-18-8/h7-9,14H,1-6H2,(H,12,17)(H,15,16)/t7-,8?,9-/m0/s1. The number of nitrogens with zero attached hydrogens (tertiary/aromatic N) is 1. The van der Waals surface area contributed by atoms with Gasteiger partial charge in [0.15, 0.2) is 0 Å². The van der Waals surface area contributed by atoms with Gasteiger partial charge in [0.05, 0.1) is 12.2 Å². The van der Waals surface area contributed by atoms with Crippen molar-refractivity contribution in [2.75, 3.05) is 19.7 Å². The van der Waals surface area contributed by atoms with Gasteiger partial charge in [-0.2, -0.15) is 0 Å². The molecule has 0 aromatic heterocycles. The second kappa shape index (κ2) is 5.53. The first-order valence-corrected chi connectivity index (χ1v) is 6.15. The molecule has 2 amide bonds. The third-order valence-electron chi connectivity index (χ3n) is 3.33. The Labute approximate surface area is 105 Å². The van der Waals surface area contributed by atoms with Gasteiger partial charge in [-0.1, -0.05) is 0 Å². The van der Waals surface area contributed by atoms with Gasteiger partial charge in [-0.3, -0.25) is 0 Å². The van der Waals surface area contributed by atoms with Crippen LogP contribution < -0.4 is 5.32 Å². The van der Waals surface area contributed by atoms with Crippen molar-refractivity contribution in [3.05, 3.63) is 0 Å². The van der Waals surface area contributed by atoms with Crippen LogP contribution in [0.1, 0.15) is 19.3 Å². The summed E-state index contributed by atoms with van der Waals surface area (Å²) in [4.78, 5) is 24.0. The summed E-state index contributed by atoms with van der Waals surface area (Å²) < 4.78 is 5.36. The van der Waals surface area contributed by atoms with Crippen LogP contribution in [-0.4, -0.2) is 65.1 Å². The zero-order chi connectivity index (χ0) is 13.1. The molecule has 0 aliphatic carbocycles. The summed E-state index contributed by atoms with van der Waals surface area (Å²) >= 11 is 0. The lowest BCUT2D eigenvalue weighted by molar-refractivity contribution is -0.141. The van der Waals surface area contributed by atoms with E-state index in [0.29, 0.717) is 13.2 Å². The smallest absolute Gasteiger partial charge is 0.326 e. The van der Waals surface area contributed by atoms with E-state index in [4.69, 9.17) is 9.84 Å². The molecule has 0 radical (unpaired) electrons. The molecule has 18 heavy (non-hydrogen) atoms. The van der Waals surface area contributed by atoms with Gasteiger partial charge in [-0.15, -0.1) is 0 Å². The van der Waals surface area contributed by atoms with E-state index in [1.54, 1.807) is 0 Å². The highest BCUT2D eigenvalue weighted by atomic mass is 16.5. The Balaban J connectivity index is 1.85. The van der Waals surface area contributed by atoms with Crippen molar-refractivity contribution in [2.45, 2.75) is 37.5 Å². The third kappa shape index (κ3) is 2.91. The molecular formula is C11H18N2O5. The first-order valence-electron chi connectivity index (χ1n) is 6.15. The molecule has 2 aliphatic heterocycles. The molecule has 3 atom stereocenters. The largest absolute Gasteiger partial charge is 0.480 e. The number of rotatable bonds is 3. The lowest BCUT2D eigenvalue weighted by Crippen LogP contribution is -2.47. The Morgan fingerprint density at radius 2 is 2.22 bits per heavy atom. The van der Waals surface area contributed by atoms with Crippen LogP contribution in [0, 0.1) is 0 Å². The molecule has 2 heterocycles. The van der Waals surface area contributed by atoms with Crippen molar-refractivity contribution in [1.29, 1.82) is 0 Å². The molecule has 0 aromatic rings.